The molecule has 1 saturated heterocycles. The van der Waals surface area contributed by atoms with E-state index in [9.17, 15) is 9.59 Å². The van der Waals surface area contributed by atoms with Crippen LogP contribution in [0.4, 0.5) is 11.5 Å². The molecular weight excluding hydrogens is 430 g/mol. The minimum absolute atomic E-state index is 0.0641. The van der Waals surface area contributed by atoms with Crippen LogP contribution in [0.3, 0.4) is 0 Å². The van der Waals surface area contributed by atoms with Crippen molar-refractivity contribution in [2.45, 2.75) is 44.7 Å². The van der Waals surface area contributed by atoms with E-state index in [4.69, 9.17) is 15.5 Å². The number of nitrogens with zero attached hydrogens (tertiary/aromatic N) is 4. The van der Waals surface area contributed by atoms with Gasteiger partial charge in [0.15, 0.2) is 5.82 Å². The van der Waals surface area contributed by atoms with Crippen LogP contribution >= 0.6 is 0 Å². The highest BCUT2D eigenvalue weighted by atomic mass is 16.5. The van der Waals surface area contributed by atoms with E-state index in [0.717, 1.165) is 46.6 Å². The van der Waals surface area contributed by atoms with Crippen molar-refractivity contribution in [1.82, 2.24) is 14.8 Å². The summed E-state index contributed by atoms with van der Waals surface area (Å²) in [6.07, 6.45) is 2.64. The minimum atomic E-state index is 0.0641. The predicted octanol–water partition coefficient (Wildman–Crippen LogP) is 2.87. The molecule has 2 aromatic rings. The Morgan fingerprint density at radius 1 is 1.21 bits per heavy atom. The summed E-state index contributed by atoms with van der Waals surface area (Å²) >= 11 is 0. The van der Waals surface area contributed by atoms with Crippen molar-refractivity contribution in [3.63, 3.8) is 0 Å². The fraction of sp³-hybridized carbons (Fsp3) is 0.500. The van der Waals surface area contributed by atoms with E-state index in [1.165, 1.54) is 0 Å². The van der Waals surface area contributed by atoms with E-state index >= 15 is 0 Å². The second-order valence-electron chi connectivity index (χ2n) is 9.73. The number of anilines is 2. The zero-order valence-electron chi connectivity index (χ0n) is 20.2. The summed E-state index contributed by atoms with van der Waals surface area (Å²) in [5, 5.41) is 0. The zero-order chi connectivity index (χ0) is 24.0. The molecule has 3 aliphatic rings. The first-order valence-corrected chi connectivity index (χ1v) is 12.1. The molecule has 0 unspecified atom stereocenters. The maximum Gasteiger partial charge on any atom is 0.254 e. The lowest BCUT2D eigenvalue weighted by Gasteiger charge is -2.41. The number of carbonyl (C=O) groups excluding carboxylic acids is 2. The number of ether oxygens (including phenoxy) is 1. The molecule has 34 heavy (non-hydrogen) atoms. The molecule has 1 aromatic carbocycles. The Labute approximate surface area is 200 Å². The van der Waals surface area contributed by atoms with Crippen molar-refractivity contribution < 1.29 is 14.3 Å². The van der Waals surface area contributed by atoms with Gasteiger partial charge in [0.1, 0.15) is 0 Å². The molecule has 0 bridgehead atoms. The zero-order valence-corrected chi connectivity index (χ0v) is 20.2. The summed E-state index contributed by atoms with van der Waals surface area (Å²) in [5.41, 5.74) is 12.3. The first-order valence-electron chi connectivity index (χ1n) is 12.1. The van der Waals surface area contributed by atoms with Gasteiger partial charge in [-0.25, -0.2) is 4.98 Å². The first kappa shape index (κ1) is 22.7. The van der Waals surface area contributed by atoms with Crippen LogP contribution in [0.5, 0.6) is 0 Å². The van der Waals surface area contributed by atoms with Gasteiger partial charge in [0.05, 0.1) is 24.4 Å². The number of fused-ring (bicyclic) bond motifs is 1. The summed E-state index contributed by atoms with van der Waals surface area (Å²) in [7, 11) is 3.45. The first-order chi connectivity index (χ1) is 16.4. The number of amides is 2. The van der Waals surface area contributed by atoms with Gasteiger partial charge >= 0.3 is 0 Å². The topological polar surface area (TPSA) is 92.0 Å². The van der Waals surface area contributed by atoms with Gasteiger partial charge in [-0.2, -0.15) is 0 Å². The van der Waals surface area contributed by atoms with Gasteiger partial charge in [-0.1, -0.05) is 12.1 Å². The third-order valence-corrected chi connectivity index (χ3v) is 7.23. The van der Waals surface area contributed by atoms with Gasteiger partial charge in [0.25, 0.3) is 5.91 Å². The molecule has 1 aliphatic carbocycles. The van der Waals surface area contributed by atoms with Crippen LogP contribution in [-0.4, -0.2) is 73.0 Å². The van der Waals surface area contributed by atoms with Gasteiger partial charge in [-0.15, -0.1) is 0 Å². The highest BCUT2D eigenvalue weighted by molar-refractivity contribution is 6.00. The van der Waals surface area contributed by atoms with Crippen molar-refractivity contribution in [1.29, 1.82) is 0 Å². The predicted molar refractivity (Wildman–Crippen MR) is 132 cm³/mol. The molecule has 2 fully saturated rings. The number of aromatic nitrogens is 1. The molecule has 0 spiro atoms. The van der Waals surface area contributed by atoms with Crippen LogP contribution in [0.15, 0.2) is 24.3 Å². The fourth-order valence-corrected chi connectivity index (χ4v) is 5.25. The van der Waals surface area contributed by atoms with Crippen molar-refractivity contribution in [3.05, 3.63) is 41.1 Å². The molecule has 8 nitrogen and oxygen atoms in total. The normalized spacial score (nSPS) is 20.1. The van der Waals surface area contributed by atoms with Crippen molar-refractivity contribution in [2.75, 3.05) is 51.0 Å². The summed E-state index contributed by atoms with van der Waals surface area (Å²) in [4.78, 5) is 36.1. The third kappa shape index (κ3) is 4.00. The molecule has 1 aromatic heterocycles. The summed E-state index contributed by atoms with van der Waals surface area (Å²) < 4.78 is 5.07. The Kier molecular flexibility index (Phi) is 5.93. The Morgan fingerprint density at radius 3 is 2.68 bits per heavy atom. The molecule has 1 atom stereocenters. The van der Waals surface area contributed by atoms with Gasteiger partial charge < -0.3 is 25.2 Å². The number of pyridine rings is 1. The van der Waals surface area contributed by atoms with Gasteiger partial charge in [0.2, 0.25) is 5.91 Å². The molecule has 2 aliphatic heterocycles. The van der Waals surface area contributed by atoms with Crippen molar-refractivity contribution in [2.24, 2.45) is 0 Å². The monoisotopic (exact) mass is 463 g/mol. The van der Waals surface area contributed by atoms with E-state index in [-0.39, 0.29) is 17.9 Å². The molecular formula is C26H33N5O3. The molecule has 3 heterocycles. The summed E-state index contributed by atoms with van der Waals surface area (Å²) in [5.74, 6) is 1.42. The molecule has 0 radical (unpaired) electrons. The minimum Gasteiger partial charge on any atom is -0.396 e. The van der Waals surface area contributed by atoms with Gasteiger partial charge in [-0.3, -0.25) is 9.59 Å². The number of benzene rings is 1. The molecule has 8 heteroatoms. The van der Waals surface area contributed by atoms with Gasteiger partial charge in [-0.05, 0) is 43.0 Å². The van der Waals surface area contributed by atoms with Crippen LogP contribution in [0.25, 0.3) is 11.1 Å². The lowest BCUT2D eigenvalue weighted by molar-refractivity contribution is -0.134. The highest BCUT2D eigenvalue weighted by Gasteiger charge is 2.34. The number of hydrogen-bond donors (Lipinski definition) is 1. The van der Waals surface area contributed by atoms with Crippen LogP contribution in [-0.2, 0) is 16.1 Å². The second kappa shape index (κ2) is 8.91. The SMILES string of the molecule is COCCC(=O)N1CCN(c2nc(C3CC3)c(-c3cccc4c3CN(C)C4=O)cc2N)C[C@H]1C. The fourth-order valence-electron chi connectivity index (χ4n) is 5.25. The van der Waals surface area contributed by atoms with E-state index in [1.807, 2.05) is 24.1 Å². The number of nitrogen functional groups attached to an aromatic ring is 1. The average molecular weight is 464 g/mol. The Bertz CT molecular complexity index is 1130. The smallest absolute Gasteiger partial charge is 0.254 e. The van der Waals surface area contributed by atoms with E-state index in [0.29, 0.717) is 50.8 Å². The molecule has 2 N–H and O–H groups in total. The van der Waals surface area contributed by atoms with E-state index in [1.54, 1.807) is 12.0 Å². The molecule has 2 amide bonds. The van der Waals surface area contributed by atoms with Crippen LogP contribution in [0.1, 0.15) is 53.7 Å². The maximum absolute atomic E-state index is 12.5. The maximum atomic E-state index is 12.5. The Balaban J connectivity index is 1.45. The van der Waals surface area contributed by atoms with Crippen molar-refractivity contribution >= 4 is 23.3 Å². The standard InChI is InChI=1S/C26H33N5O3/c1-16-14-30(10-11-31(16)23(32)9-12-34-3)25-22(27)13-20(24(28-25)17-7-8-17)18-5-4-6-19-21(18)15-29(2)26(19)33/h4-6,13,16-17H,7-12,14-15,27H2,1-3H3/t16-/m1/s1. The largest absolute Gasteiger partial charge is 0.396 e. The Morgan fingerprint density at radius 2 is 1.97 bits per heavy atom. The lowest BCUT2D eigenvalue weighted by atomic mass is 9.94. The molecule has 1 saturated carbocycles. The van der Waals surface area contributed by atoms with Crippen LogP contribution < -0.4 is 10.6 Å². The second-order valence-corrected chi connectivity index (χ2v) is 9.73. The number of hydrogen-bond acceptors (Lipinski definition) is 6. The highest BCUT2D eigenvalue weighted by Crippen LogP contribution is 2.47. The number of carbonyl (C=O) groups is 2. The van der Waals surface area contributed by atoms with E-state index < -0.39 is 0 Å². The summed E-state index contributed by atoms with van der Waals surface area (Å²) in [6, 6.07) is 8.06. The van der Waals surface area contributed by atoms with Crippen LogP contribution in [0.2, 0.25) is 0 Å². The third-order valence-electron chi connectivity index (χ3n) is 7.23. The molecule has 5 rings (SSSR count). The Hall–Kier alpha value is -3.13. The number of nitrogens with two attached hydrogens (primary N) is 1. The lowest BCUT2D eigenvalue weighted by Crippen LogP contribution is -2.54. The molecule has 180 valence electrons. The number of rotatable bonds is 6. The van der Waals surface area contributed by atoms with E-state index in [2.05, 4.69) is 24.0 Å². The average Bonchev–Trinajstić information content (AvgIpc) is 3.63. The van der Waals surface area contributed by atoms with Crippen molar-refractivity contribution in [3.8, 4) is 11.1 Å². The number of piperazine rings is 1. The van der Waals surface area contributed by atoms with Gasteiger partial charge in [0, 0.05) is 63.4 Å². The number of methoxy groups -OCH3 is 1. The quantitative estimate of drug-likeness (QED) is 0.708. The summed E-state index contributed by atoms with van der Waals surface area (Å²) in [6.45, 7) is 5.16. The van der Waals surface area contributed by atoms with Crippen LogP contribution in [0, 0.1) is 0 Å².